The number of benzene rings is 1. The second-order valence-corrected chi connectivity index (χ2v) is 7.47. The molecule has 3 rings (SSSR count). The predicted octanol–water partition coefficient (Wildman–Crippen LogP) is 3.24. The van der Waals surface area contributed by atoms with E-state index in [1.165, 1.54) is 37.8 Å². The fraction of sp³-hybridized carbons (Fsp3) is 0.571. The van der Waals surface area contributed by atoms with E-state index in [2.05, 4.69) is 34.1 Å². The Morgan fingerprint density at radius 2 is 1.64 bits per heavy atom. The van der Waals surface area contributed by atoms with Crippen LogP contribution in [0.25, 0.3) is 6.08 Å². The molecule has 0 aromatic heterocycles. The maximum atomic E-state index is 12.4. The Bertz CT molecular complexity index is 580. The van der Waals surface area contributed by atoms with Gasteiger partial charge in [0.15, 0.2) is 0 Å². The van der Waals surface area contributed by atoms with Gasteiger partial charge in [-0.05, 0) is 36.6 Å². The van der Waals surface area contributed by atoms with E-state index >= 15 is 0 Å². The van der Waals surface area contributed by atoms with Gasteiger partial charge in [-0.2, -0.15) is 0 Å². The van der Waals surface area contributed by atoms with Crippen molar-refractivity contribution in [3.8, 4) is 0 Å². The molecule has 2 aliphatic rings. The number of rotatable bonds is 4. The van der Waals surface area contributed by atoms with Crippen molar-refractivity contribution in [2.45, 2.75) is 38.1 Å². The van der Waals surface area contributed by atoms with E-state index in [1.54, 1.807) is 6.08 Å². The van der Waals surface area contributed by atoms with Crippen molar-refractivity contribution in [3.05, 3.63) is 35.9 Å². The summed E-state index contributed by atoms with van der Waals surface area (Å²) in [4.78, 5) is 19.1. The maximum Gasteiger partial charge on any atom is 0.246 e. The molecule has 2 fully saturated rings. The molecule has 0 radical (unpaired) electrons. The topological polar surface area (TPSA) is 26.8 Å². The van der Waals surface area contributed by atoms with E-state index in [9.17, 15) is 4.79 Å². The Balaban J connectivity index is 1.48. The standard InChI is InChI=1S/C21H31N3O/c1-22(2)19-11-8-18(9-12-19)10-13-21(25)24-16-14-23(15-17-24)20-6-4-3-5-7-20/h8-13,20H,3-7,14-17H2,1-2H3. The quantitative estimate of drug-likeness (QED) is 0.787. The molecule has 1 saturated carbocycles. The molecule has 0 bridgehead atoms. The van der Waals surface area contributed by atoms with Crippen molar-refractivity contribution >= 4 is 17.7 Å². The molecule has 1 aliphatic heterocycles. The summed E-state index contributed by atoms with van der Waals surface area (Å²) in [6.07, 6.45) is 10.5. The number of anilines is 1. The number of nitrogens with zero attached hydrogens (tertiary/aromatic N) is 3. The van der Waals surface area contributed by atoms with Crippen molar-refractivity contribution in [1.29, 1.82) is 0 Å². The molecule has 0 N–H and O–H groups in total. The zero-order valence-electron chi connectivity index (χ0n) is 15.7. The van der Waals surface area contributed by atoms with Crippen LogP contribution in [0.15, 0.2) is 30.3 Å². The zero-order chi connectivity index (χ0) is 17.6. The van der Waals surface area contributed by atoms with Crippen molar-refractivity contribution in [2.24, 2.45) is 0 Å². The number of amides is 1. The van der Waals surface area contributed by atoms with Crippen molar-refractivity contribution in [1.82, 2.24) is 9.80 Å². The van der Waals surface area contributed by atoms with Gasteiger partial charge in [-0.25, -0.2) is 0 Å². The molecule has 1 aromatic rings. The van der Waals surface area contributed by atoms with E-state index in [0.29, 0.717) is 0 Å². The molecule has 25 heavy (non-hydrogen) atoms. The molecular formula is C21H31N3O. The molecule has 1 heterocycles. The average molecular weight is 341 g/mol. The molecule has 1 amide bonds. The number of hydrogen-bond acceptors (Lipinski definition) is 3. The fourth-order valence-electron chi connectivity index (χ4n) is 3.91. The minimum absolute atomic E-state index is 0.139. The summed E-state index contributed by atoms with van der Waals surface area (Å²) in [7, 11) is 4.06. The molecule has 4 nitrogen and oxygen atoms in total. The van der Waals surface area contributed by atoms with E-state index in [0.717, 1.165) is 37.8 Å². The molecule has 4 heteroatoms. The largest absolute Gasteiger partial charge is 0.378 e. The van der Waals surface area contributed by atoms with Gasteiger partial charge in [0.25, 0.3) is 0 Å². The van der Waals surface area contributed by atoms with E-state index in [1.807, 2.05) is 25.1 Å². The third kappa shape index (κ3) is 4.85. The molecule has 1 saturated heterocycles. The van der Waals surface area contributed by atoms with Crippen molar-refractivity contribution in [3.63, 3.8) is 0 Å². The fourth-order valence-corrected chi connectivity index (χ4v) is 3.91. The van der Waals surface area contributed by atoms with Gasteiger partial charge in [0.05, 0.1) is 0 Å². The minimum atomic E-state index is 0.139. The smallest absolute Gasteiger partial charge is 0.246 e. The monoisotopic (exact) mass is 341 g/mol. The first-order valence-corrected chi connectivity index (χ1v) is 9.62. The highest BCUT2D eigenvalue weighted by atomic mass is 16.2. The van der Waals surface area contributed by atoms with Crippen LogP contribution in [0.1, 0.15) is 37.7 Å². The van der Waals surface area contributed by atoms with Crippen LogP contribution in [-0.4, -0.2) is 62.0 Å². The van der Waals surface area contributed by atoms with Gasteiger partial charge in [-0.3, -0.25) is 9.69 Å². The van der Waals surface area contributed by atoms with Gasteiger partial charge in [-0.15, -0.1) is 0 Å². The maximum absolute atomic E-state index is 12.4. The van der Waals surface area contributed by atoms with E-state index in [-0.39, 0.29) is 5.91 Å². The molecule has 0 unspecified atom stereocenters. The Morgan fingerprint density at radius 3 is 2.24 bits per heavy atom. The third-order valence-electron chi connectivity index (χ3n) is 5.54. The zero-order valence-corrected chi connectivity index (χ0v) is 15.7. The highest BCUT2D eigenvalue weighted by Crippen LogP contribution is 2.23. The summed E-state index contributed by atoms with van der Waals surface area (Å²) >= 11 is 0. The third-order valence-corrected chi connectivity index (χ3v) is 5.54. The molecule has 0 atom stereocenters. The van der Waals surface area contributed by atoms with Gasteiger partial charge in [0.1, 0.15) is 0 Å². The predicted molar refractivity (Wildman–Crippen MR) is 105 cm³/mol. The lowest BCUT2D eigenvalue weighted by atomic mass is 9.94. The Morgan fingerprint density at radius 1 is 1.00 bits per heavy atom. The molecule has 0 spiro atoms. The van der Waals surface area contributed by atoms with Gasteiger partial charge < -0.3 is 9.80 Å². The summed E-state index contributed by atoms with van der Waals surface area (Å²) in [5.74, 6) is 0.139. The summed E-state index contributed by atoms with van der Waals surface area (Å²) in [5.41, 5.74) is 2.24. The first kappa shape index (κ1) is 18.0. The second kappa shape index (κ2) is 8.52. The summed E-state index contributed by atoms with van der Waals surface area (Å²) in [6.45, 7) is 3.78. The summed E-state index contributed by atoms with van der Waals surface area (Å²) in [5, 5.41) is 0. The minimum Gasteiger partial charge on any atom is -0.378 e. The van der Waals surface area contributed by atoms with E-state index < -0.39 is 0 Å². The van der Waals surface area contributed by atoms with Crippen LogP contribution >= 0.6 is 0 Å². The van der Waals surface area contributed by atoms with Gasteiger partial charge in [-0.1, -0.05) is 31.4 Å². The number of piperazine rings is 1. The van der Waals surface area contributed by atoms with E-state index in [4.69, 9.17) is 0 Å². The molecule has 136 valence electrons. The number of hydrogen-bond donors (Lipinski definition) is 0. The van der Waals surface area contributed by atoms with Gasteiger partial charge in [0.2, 0.25) is 5.91 Å². The Kier molecular flexibility index (Phi) is 6.14. The van der Waals surface area contributed by atoms with Crippen LogP contribution in [0, 0.1) is 0 Å². The Hall–Kier alpha value is -1.81. The lowest BCUT2D eigenvalue weighted by Crippen LogP contribution is -2.52. The SMILES string of the molecule is CN(C)c1ccc(C=CC(=O)N2CCN(C3CCCCC3)CC2)cc1. The lowest BCUT2D eigenvalue weighted by molar-refractivity contribution is -0.128. The van der Waals surface area contributed by atoms with Crippen LogP contribution in [-0.2, 0) is 4.79 Å². The van der Waals surface area contributed by atoms with Crippen molar-refractivity contribution < 1.29 is 4.79 Å². The number of carbonyl (C=O) groups excluding carboxylic acids is 1. The summed E-state index contributed by atoms with van der Waals surface area (Å²) < 4.78 is 0. The first-order valence-electron chi connectivity index (χ1n) is 9.62. The number of carbonyl (C=O) groups is 1. The van der Waals surface area contributed by atoms with Crippen LogP contribution < -0.4 is 4.90 Å². The highest BCUT2D eigenvalue weighted by Gasteiger charge is 2.26. The van der Waals surface area contributed by atoms with Crippen LogP contribution in [0.3, 0.4) is 0 Å². The van der Waals surface area contributed by atoms with Crippen molar-refractivity contribution in [2.75, 3.05) is 45.2 Å². The molecule has 1 aromatic carbocycles. The molecular weight excluding hydrogens is 310 g/mol. The van der Waals surface area contributed by atoms with Crippen LogP contribution in [0.2, 0.25) is 0 Å². The van der Waals surface area contributed by atoms with Crippen LogP contribution in [0.5, 0.6) is 0 Å². The summed E-state index contributed by atoms with van der Waals surface area (Å²) in [6, 6.07) is 9.03. The Labute approximate surface area is 152 Å². The van der Waals surface area contributed by atoms with Gasteiger partial charge in [0, 0.05) is 58.1 Å². The first-order chi connectivity index (χ1) is 12.1. The highest BCUT2D eigenvalue weighted by molar-refractivity contribution is 5.91. The van der Waals surface area contributed by atoms with Crippen LogP contribution in [0.4, 0.5) is 5.69 Å². The second-order valence-electron chi connectivity index (χ2n) is 7.47. The van der Waals surface area contributed by atoms with Gasteiger partial charge >= 0.3 is 0 Å². The normalized spacial score (nSPS) is 20.2. The average Bonchev–Trinajstić information content (AvgIpc) is 2.67. The lowest BCUT2D eigenvalue weighted by Gasteiger charge is -2.40. The molecule has 1 aliphatic carbocycles.